The highest BCUT2D eigenvalue weighted by molar-refractivity contribution is 7.93. The molecule has 102 valence electrons. The van der Waals surface area contributed by atoms with Crippen LogP contribution < -0.4 is 9.46 Å². The summed E-state index contributed by atoms with van der Waals surface area (Å²) in [6, 6.07) is 3.40. The smallest absolute Gasteiger partial charge is 0.264 e. The molecule has 0 saturated carbocycles. The molecule has 0 saturated heterocycles. The fraction of sp³-hybridized carbons (Fsp3) is 0.250. The van der Waals surface area contributed by atoms with Crippen LogP contribution in [-0.2, 0) is 10.0 Å². The zero-order valence-corrected chi connectivity index (χ0v) is 12.4. The van der Waals surface area contributed by atoms with Gasteiger partial charge in [-0.3, -0.25) is 4.72 Å². The van der Waals surface area contributed by atoms with Gasteiger partial charge in [-0.25, -0.2) is 13.4 Å². The van der Waals surface area contributed by atoms with Crippen molar-refractivity contribution in [2.45, 2.75) is 18.7 Å². The number of nitrogens with zero attached hydrogens (tertiary/aromatic N) is 1. The molecule has 0 aliphatic carbocycles. The molecule has 0 spiro atoms. The van der Waals surface area contributed by atoms with Gasteiger partial charge in [-0.05, 0) is 37.1 Å². The lowest BCUT2D eigenvalue weighted by molar-refractivity contribution is 0.413. The van der Waals surface area contributed by atoms with Gasteiger partial charge in [-0.2, -0.15) is 0 Å². The van der Waals surface area contributed by atoms with Crippen molar-refractivity contribution in [3.05, 3.63) is 34.8 Å². The minimum absolute atomic E-state index is 0.267. The van der Waals surface area contributed by atoms with Crippen molar-refractivity contribution in [2.24, 2.45) is 0 Å². The maximum atomic E-state index is 12.4. The minimum Gasteiger partial charge on any atom is -0.497 e. The van der Waals surface area contributed by atoms with Crippen LogP contribution in [0.4, 0.5) is 5.13 Å². The normalized spacial score (nSPS) is 11.3. The number of ether oxygens (including phenoxy) is 1. The fourth-order valence-corrected chi connectivity index (χ4v) is 4.14. The maximum Gasteiger partial charge on any atom is 0.264 e. The highest BCUT2D eigenvalue weighted by atomic mass is 32.2. The zero-order chi connectivity index (χ0) is 14.0. The number of thiazole rings is 1. The summed E-state index contributed by atoms with van der Waals surface area (Å²) >= 11 is 1.24. The number of anilines is 1. The van der Waals surface area contributed by atoms with Gasteiger partial charge in [0.25, 0.3) is 10.0 Å². The molecule has 5 nitrogen and oxygen atoms in total. The van der Waals surface area contributed by atoms with Gasteiger partial charge in [0, 0.05) is 11.6 Å². The van der Waals surface area contributed by atoms with Crippen LogP contribution in [-0.4, -0.2) is 20.5 Å². The topological polar surface area (TPSA) is 68.3 Å². The molecular weight excluding hydrogens is 284 g/mol. The van der Waals surface area contributed by atoms with Crippen LogP contribution in [0.15, 0.2) is 28.6 Å². The number of nitrogens with one attached hydrogen (secondary N) is 1. The summed E-state index contributed by atoms with van der Waals surface area (Å²) in [5, 5.41) is 2.07. The first-order valence-electron chi connectivity index (χ1n) is 5.51. The molecule has 0 radical (unpaired) electrons. The molecule has 0 atom stereocenters. The Labute approximate surface area is 116 Å². The van der Waals surface area contributed by atoms with Crippen LogP contribution in [0.3, 0.4) is 0 Å². The van der Waals surface area contributed by atoms with E-state index in [1.807, 2.05) is 0 Å². The Kier molecular flexibility index (Phi) is 3.77. The Hall–Kier alpha value is -1.60. The van der Waals surface area contributed by atoms with Gasteiger partial charge in [-0.1, -0.05) is 0 Å². The highest BCUT2D eigenvalue weighted by Crippen LogP contribution is 2.27. The van der Waals surface area contributed by atoms with Crippen LogP contribution in [0.1, 0.15) is 11.1 Å². The Bertz CT molecular complexity index is 656. The van der Waals surface area contributed by atoms with Crippen molar-refractivity contribution < 1.29 is 13.2 Å². The number of benzene rings is 1. The average Bonchev–Trinajstić information content (AvgIpc) is 2.79. The Balaban J connectivity index is 2.46. The van der Waals surface area contributed by atoms with E-state index in [1.54, 1.807) is 44.7 Å². The van der Waals surface area contributed by atoms with Crippen molar-refractivity contribution in [1.29, 1.82) is 0 Å². The second-order valence-electron chi connectivity index (χ2n) is 4.03. The maximum absolute atomic E-state index is 12.4. The molecule has 0 unspecified atom stereocenters. The van der Waals surface area contributed by atoms with E-state index >= 15 is 0 Å². The van der Waals surface area contributed by atoms with Crippen molar-refractivity contribution in [1.82, 2.24) is 4.98 Å². The predicted octanol–water partition coefficient (Wildman–Crippen LogP) is 2.57. The van der Waals surface area contributed by atoms with Crippen LogP contribution in [0, 0.1) is 13.8 Å². The first-order valence-corrected chi connectivity index (χ1v) is 7.88. The number of sulfonamides is 1. The molecule has 0 amide bonds. The summed E-state index contributed by atoms with van der Waals surface area (Å²) in [6.45, 7) is 3.48. The van der Waals surface area contributed by atoms with Gasteiger partial charge in [0.1, 0.15) is 5.75 Å². The van der Waals surface area contributed by atoms with E-state index < -0.39 is 10.0 Å². The van der Waals surface area contributed by atoms with Crippen LogP contribution in [0.25, 0.3) is 0 Å². The summed E-state index contributed by atoms with van der Waals surface area (Å²) in [5.41, 5.74) is 1.28. The van der Waals surface area contributed by atoms with Crippen molar-refractivity contribution in [3.63, 3.8) is 0 Å². The summed E-state index contributed by atoms with van der Waals surface area (Å²) < 4.78 is 32.3. The summed E-state index contributed by atoms with van der Waals surface area (Å²) in [5.74, 6) is 0.642. The molecule has 19 heavy (non-hydrogen) atoms. The number of rotatable bonds is 4. The molecule has 1 N–H and O–H groups in total. The number of aryl methyl sites for hydroxylation is 2. The molecular formula is C12H14N2O3S2. The van der Waals surface area contributed by atoms with Gasteiger partial charge in [0.05, 0.1) is 12.0 Å². The van der Waals surface area contributed by atoms with Crippen molar-refractivity contribution in [3.8, 4) is 5.75 Å². The molecule has 2 aromatic rings. The van der Waals surface area contributed by atoms with Gasteiger partial charge in [0.15, 0.2) is 5.13 Å². The number of hydrogen-bond acceptors (Lipinski definition) is 5. The second-order valence-corrected chi connectivity index (χ2v) is 6.55. The first kappa shape index (κ1) is 13.8. The van der Waals surface area contributed by atoms with Gasteiger partial charge in [-0.15, -0.1) is 11.3 Å². The predicted molar refractivity (Wildman–Crippen MR) is 75.4 cm³/mol. The van der Waals surface area contributed by atoms with E-state index in [0.717, 1.165) is 0 Å². The van der Waals surface area contributed by atoms with Crippen LogP contribution >= 0.6 is 11.3 Å². The number of aromatic nitrogens is 1. The van der Waals surface area contributed by atoms with E-state index in [0.29, 0.717) is 22.0 Å². The highest BCUT2D eigenvalue weighted by Gasteiger charge is 2.21. The fourth-order valence-electron chi connectivity index (χ4n) is 1.89. The summed E-state index contributed by atoms with van der Waals surface area (Å²) in [6.07, 6.45) is 1.55. The number of methoxy groups -OCH3 is 1. The van der Waals surface area contributed by atoms with E-state index in [9.17, 15) is 8.42 Å². The SMILES string of the molecule is COc1cc(C)c(S(=O)(=O)Nc2nccs2)c(C)c1. The molecule has 0 fully saturated rings. The molecule has 2 rings (SSSR count). The molecule has 0 aliphatic rings. The lowest BCUT2D eigenvalue weighted by atomic mass is 10.1. The van der Waals surface area contributed by atoms with E-state index in [1.165, 1.54) is 11.3 Å². The monoisotopic (exact) mass is 298 g/mol. The molecule has 1 aromatic heterocycles. The minimum atomic E-state index is -3.63. The molecule has 1 heterocycles. The average molecular weight is 298 g/mol. The van der Waals surface area contributed by atoms with Crippen molar-refractivity contribution >= 4 is 26.5 Å². The third-order valence-corrected chi connectivity index (χ3v) is 5.05. The Morgan fingerprint density at radius 1 is 1.26 bits per heavy atom. The lowest BCUT2D eigenvalue weighted by Crippen LogP contribution is -2.15. The molecule has 1 aromatic carbocycles. The van der Waals surface area contributed by atoms with E-state index in [4.69, 9.17) is 4.74 Å². The molecule has 0 aliphatic heterocycles. The third kappa shape index (κ3) is 2.87. The third-order valence-electron chi connectivity index (χ3n) is 2.59. The van der Waals surface area contributed by atoms with Gasteiger partial charge < -0.3 is 4.74 Å². The van der Waals surface area contributed by atoms with E-state index in [-0.39, 0.29) is 4.90 Å². The Morgan fingerprint density at radius 3 is 2.37 bits per heavy atom. The second kappa shape index (κ2) is 5.18. The first-order chi connectivity index (χ1) is 8.94. The number of hydrogen-bond donors (Lipinski definition) is 1. The van der Waals surface area contributed by atoms with Crippen molar-refractivity contribution in [2.75, 3.05) is 11.8 Å². The van der Waals surface area contributed by atoms with Gasteiger partial charge in [0.2, 0.25) is 0 Å². The van der Waals surface area contributed by atoms with Crippen LogP contribution in [0.5, 0.6) is 5.75 Å². The summed E-state index contributed by atoms with van der Waals surface area (Å²) in [7, 11) is -2.08. The largest absolute Gasteiger partial charge is 0.497 e. The Morgan fingerprint density at radius 2 is 1.89 bits per heavy atom. The molecule has 7 heteroatoms. The standard InChI is InChI=1S/C12H14N2O3S2/c1-8-6-10(17-3)7-9(2)11(8)19(15,16)14-12-13-4-5-18-12/h4-7H,1-3H3,(H,13,14). The molecule has 0 bridgehead atoms. The lowest BCUT2D eigenvalue weighted by Gasteiger charge is -2.13. The van der Waals surface area contributed by atoms with Crippen LogP contribution in [0.2, 0.25) is 0 Å². The zero-order valence-electron chi connectivity index (χ0n) is 10.8. The van der Waals surface area contributed by atoms with E-state index in [2.05, 4.69) is 9.71 Å². The van der Waals surface area contributed by atoms with Gasteiger partial charge >= 0.3 is 0 Å². The quantitative estimate of drug-likeness (QED) is 0.942. The summed E-state index contributed by atoms with van der Waals surface area (Å²) in [4.78, 5) is 4.19.